The third-order valence-electron chi connectivity index (χ3n) is 4.48. The number of ether oxygens (including phenoxy) is 1. The van der Waals surface area contributed by atoms with E-state index in [1.165, 1.54) is 0 Å². The van der Waals surface area contributed by atoms with Crippen LogP contribution in [-0.2, 0) is 11.3 Å². The predicted octanol–water partition coefficient (Wildman–Crippen LogP) is 3.77. The highest BCUT2D eigenvalue weighted by molar-refractivity contribution is 5.91. The van der Waals surface area contributed by atoms with Gasteiger partial charge in [-0.25, -0.2) is 9.78 Å². The lowest BCUT2D eigenvalue weighted by Crippen LogP contribution is -2.09. The molecule has 134 valence electrons. The van der Waals surface area contributed by atoms with Crippen LogP contribution in [0.2, 0.25) is 0 Å². The van der Waals surface area contributed by atoms with E-state index in [-0.39, 0.29) is 12.6 Å². The van der Waals surface area contributed by atoms with Crippen LogP contribution in [0.3, 0.4) is 0 Å². The molecule has 0 amide bonds. The highest BCUT2D eigenvalue weighted by Crippen LogP contribution is 2.18. The highest BCUT2D eigenvalue weighted by Gasteiger charge is 2.13. The standard InChI is InChI=1S/C21H18N4O2/c1-14-3-10-20(24-23-14)17-6-4-16(5-7-17)12-27-21(26)19-9-8-18-11-22-13-25(18)15(19)2/h3-11,13H,12H2,1-2H3. The number of hydrogen-bond donors (Lipinski definition) is 0. The van der Waals surface area contributed by atoms with E-state index in [4.69, 9.17) is 4.74 Å². The number of fused-ring (bicyclic) bond motifs is 1. The number of esters is 1. The Balaban J connectivity index is 1.45. The second kappa shape index (κ2) is 6.99. The van der Waals surface area contributed by atoms with Crippen molar-refractivity contribution < 1.29 is 9.53 Å². The largest absolute Gasteiger partial charge is 0.457 e. The van der Waals surface area contributed by atoms with Crippen LogP contribution >= 0.6 is 0 Å². The van der Waals surface area contributed by atoms with E-state index in [2.05, 4.69) is 15.2 Å². The normalized spacial score (nSPS) is 10.9. The first kappa shape index (κ1) is 16.9. The third kappa shape index (κ3) is 3.42. The van der Waals surface area contributed by atoms with Crippen molar-refractivity contribution in [1.29, 1.82) is 0 Å². The smallest absolute Gasteiger partial charge is 0.340 e. The Hall–Kier alpha value is -3.54. The molecule has 27 heavy (non-hydrogen) atoms. The maximum atomic E-state index is 12.5. The van der Waals surface area contributed by atoms with Gasteiger partial charge in [0.25, 0.3) is 0 Å². The quantitative estimate of drug-likeness (QED) is 0.520. The second-order valence-corrected chi connectivity index (χ2v) is 6.35. The molecule has 0 bridgehead atoms. The van der Waals surface area contributed by atoms with Crippen molar-refractivity contribution in [2.45, 2.75) is 20.5 Å². The number of carbonyl (C=O) groups is 1. The molecule has 6 nitrogen and oxygen atoms in total. The molecule has 0 aliphatic heterocycles. The number of pyridine rings is 1. The van der Waals surface area contributed by atoms with Gasteiger partial charge in [-0.1, -0.05) is 24.3 Å². The second-order valence-electron chi connectivity index (χ2n) is 6.35. The number of imidazole rings is 1. The van der Waals surface area contributed by atoms with Crippen LogP contribution in [0.4, 0.5) is 0 Å². The first-order valence-electron chi connectivity index (χ1n) is 8.60. The minimum atomic E-state index is -0.350. The first-order valence-corrected chi connectivity index (χ1v) is 8.60. The Kier molecular flexibility index (Phi) is 4.38. The van der Waals surface area contributed by atoms with Gasteiger partial charge in [0.05, 0.1) is 35.0 Å². The molecule has 0 saturated heterocycles. The summed E-state index contributed by atoms with van der Waals surface area (Å²) < 4.78 is 7.35. The average Bonchev–Trinajstić information content (AvgIpc) is 3.17. The summed E-state index contributed by atoms with van der Waals surface area (Å²) in [7, 11) is 0. The van der Waals surface area contributed by atoms with E-state index in [9.17, 15) is 4.79 Å². The molecule has 1 aromatic carbocycles. The monoisotopic (exact) mass is 358 g/mol. The third-order valence-corrected chi connectivity index (χ3v) is 4.48. The lowest BCUT2D eigenvalue weighted by molar-refractivity contribution is 0.0471. The summed E-state index contributed by atoms with van der Waals surface area (Å²) >= 11 is 0. The van der Waals surface area contributed by atoms with Gasteiger partial charge < -0.3 is 9.14 Å². The molecule has 0 atom stereocenters. The summed E-state index contributed by atoms with van der Waals surface area (Å²) in [5.74, 6) is -0.350. The molecular weight excluding hydrogens is 340 g/mol. The van der Waals surface area contributed by atoms with Gasteiger partial charge in [0, 0.05) is 11.3 Å². The Bertz CT molecular complexity index is 1100. The van der Waals surface area contributed by atoms with Crippen molar-refractivity contribution in [3.8, 4) is 11.3 Å². The fourth-order valence-corrected chi connectivity index (χ4v) is 2.89. The molecule has 0 aliphatic carbocycles. The van der Waals surface area contributed by atoms with Gasteiger partial charge >= 0.3 is 5.97 Å². The van der Waals surface area contributed by atoms with E-state index in [0.717, 1.165) is 33.7 Å². The minimum Gasteiger partial charge on any atom is -0.457 e. The zero-order chi connectivity index (χ0) is 18.8. The van der Waals surface area contributed by atoms with Crippen LogP contribution in [0.5, 0.6) is 0 Å². The van der Waals surface area contributed by atoms with Crippen LogP contribution in [0.15, 0.2) is 61.1 Å². The number of rotatable bonds is 4. The molecular formula is C21H18N4O2. The van der Waals surface area contributed by atoms with Crippen molar-refractivity contribution >= 4 is 11.5 Å². The van der Waals surface area contributed by atoms with Crippen LogP contribution < -0.4 is 0 Å². The minimum absolute atomic E-state index is 0.208. The summed E-state index contributed by atoms with van der Waals surface area (Å²) in [6, 6.07) is 15.2. The maximum Gasteiger partial charge on any atom is 0.340 e. The predicted molar refractivity (Wildman–Crippen MR) is 101 cm³/mol. The average molecular weight is 358 g/mol. The molecule has 0 N–H and O–H groups in total. The van der Waals surface area contributed by atoms with Gasteiger partial charge in [0.2, 0.25) is 0 Å². The number of carbonyl (C=O) groups excluding carboxylic acids is 1. The molecule has 0 unspecified atom stereocenters. The molecule has 0 fully saturated rings. The Morgan fingerprint density at radius 2 is 1.81 bits per heavy atom. The molecule has 6 heteroatoms. The summed E-state index contributed by atoms with van der Waals surface area (Å²) in [6.07, 6.45) is 3.44. The van der Waals surface area contributed by atoms with E-state index in [1.54, 1.807) is 18.6 Å². The zero-order valence-corrected chi connectivity index (χ0v) is 15.1. The summed E-state index contributed by atoms with van der Waals surface area (Å²) in [4.78, 5) is 16.5. The van der Waals surface area contributed by atoms with E-state index < -0.39 is 0 Å². The molecule has 0 spiro atoms. The molecule has 3 heterocycles. The lowest BCUT2D eigenvalue weighted by Gasteiger charge is -2.09. The Morgan fingerprint density at radius 3 is 2.56 bits per heavy atom. The van der Waals surface area contributed by atoms with Crippen LogP contribution in [0.1, 0.15) is 27.3 Å². The number of nitrogens with zero attached hydrogens (tertiary/aromatic N) is 4. The molecule has 0 saturated carbocycles. The van der Waals surface area contributed by atoms with Gasteiger partial charge in [0.15, 0.2) is 0 Å². The summed E-state index contributed by atoms with van der Waals surface area (Å²) in [6.45, 7) is 3.99. The van der Waals surface area contributed by atoms with Crippen LogP contribution in [0, 0.1) is 13.8 Å². The highest BCUT2D eigenvalue weighted by atomic mass is 16.5. The molecule has 4 rings (SSSR count). The summed E-state index contributed by atoms with van der Waals surface area (Å²) in [5.41, 5.74) is 5.86. The van der Waals surface area contributed by atoms with Crippen molar-refractivity contribution in [1.82, 2.24) is 19.6 Å². The van der Waals surface area contributed by atoms with Crippen molar-refractivity contribution in [2.75, 3.05) is 0 Å². The van der Waals surface area contributed by atoms with E-state index in [0.29, 0.717) is 5.56 Å². The molecule has 0 radical (unpaired) electrons. The van der Waals surface area contributed by atoms with Gasteiger partial charge in [-0.3, -0.25) is 0 Å². The first-order chi connectivity index (χ1) is 13.1. The van der Waals surface area contributed by atoms with Crippen LogP contribution in [0.25, 0.3) is 16.8 Å². The fraction of sp³-hybridized carbons (Fsp3) is 0.143. The zero-order valence-electron chi connectivity index (χ0n) is 15.1. The lowest BCUT2D eigenvalue weighted by atomic mass is 10.1. The van der Waals surface area contributed by atoms with Gasteiger partial charge in [0.1, 0.15) is 6.61 Å². The fourth-order valence-electron chi connectivity index (χ4n) is 2.89. The Morgan fingerprint density at radius 1 is 1.00 bits per heavy atom. The molecule has 0 aliphatic rings. The SMILES string of the molecule is Cc1ccc(-c2ccc(COC(=O)c3ccc4cncn4c3C)cc2)nn1. The van der Waals surface area contributed by atoms with Crippen molar-refractivity contribution in [2.24, 2.45) is 0 Å². The topological polar surface area (TPSA) is 69.4 Å². The number of aryl methyl sites for hydroxylation is 2. The Labute approximate surface area is 156 Å². The van der Waals surface area contributed by atoms with Crippen LogP contribution in [-0.4, -0.2) is 25.6 Å². The summed E-state index contributed by atoms with van der Waals surface area (Å²) in [5, 5.41) is 8.25. The number of hydrogen-bond acceptors (Lipinski definition) is 5. The van der Waals surface area contributed by atoms with E-state index >= 15 is 0 Å². The molecule has 4 aromatic rings. The van der Waals surface area contributed by atoms with Crippen molar-refractivity contribution in [3.63, 3.8) is 0 Å². The van der Waals surface area contributed by atoms with Gasteiger partial charge in [-0.05, 0) is 43.7 Å². The number of benzene rings is 1. The maximum absolute atomic E-state index is 12.5. The molecule has 3 aromatic heterocycles. The number of aromatic nitrogens is 4. The van der Waals surface area contributed by atoms with Gasteiger partial charge in [-0.2, -0.15) is 10.2 Å². The van der Waals surface area contributed by atoms with E-state index in [1.807, 2.05) is 60.7 Å². The van der Waals surface area contributed by atoms with Crippen molar-refractivity contribution in [3.05, 3.63) is 83.6 Å². The van der Waals surface area contributed by atoms with Gasteiger partial charge in [-0.15, -0.1) is 0 Å².